The van der Waals surface area contributed by atoms with Gasteiger partial charge in [0.25, 0.3) is 0 Å². The normalized spacial score (nSPS) is 11.9. The standard InChI is InChI=1S/C14H18N2O2/c1-4-14(2,3)8-16-9-15-11-7-10(13(17)18)5-6-12(11)16/h5-7,9H,4,8H2,1-3H3,(H,17,18). The van der Waals surface area contributed by atoms with Gasteiger partial charge >= 0.3 is 5.97 Å². The number of fused-ring (bicyclic) bond motifs is 1. The largest absolute Gasteiger partial charge is 0.478 e. The van der Waals surface area contributed by atoms with Gasteiger partial charge in [0.05, 0.1) is 22.9 Å². The Balaban J connectivity index is 2.40. The van der Waals surface area contributed by atoms with Crippen LogP contribution in [0.5, 0.6) is 0 Å². The number of imidazole rings is 1. The quantitative estimate of drug-likeness (QED) is 0.901. The fraction of sp³-hybridized carbons (Fsp3) is 0.429. The maximum atomic E-state index is 10.9. The number of hydrogen-bond acceptors (Lipinski definition) is 2. The molecule has 1 aromatic carbocycles. The molecule has 0 radical (unpaired) electrons. The molecule has 0 aliphatic carbocycles. The minimum atomic E-state index is -0.916. The zero-order valence-electron chi connectivity index (χ0n) is 11.0. The van der Waals surface area contributed by atoms with Gasteiger partial charge < -0.3 is 9.67 Å². The molecule has 0 amide bonds. The summed E-state index contributed by atoms with van der Waals surface area (Å²) in [6, 6.07) is 5.08. The third-order valence-electron chi connectivity index (χ3n) is 3.42. The Hall–Kier alpha value is -1.84. The van der Waals surface area contributed by atoms with Crippen LogP contribution in [-0.4, -0.2) is 20.6 Å². The molecule has 0 saturated heterocycles. The summed E-state index contributed by atoms with van der Waals surface area (Å²) >= 11 is 0. The molecule has 0 saturated carbocycles. The molecule has 1 N–H and O–H groups in total. The molecular weight excluding hydrogens is 228 g/mol. The van der Waals surface area contributed by atoms with Crippen LogP contribution in [-0.2, 0) is 6.54 Å². The molecule has 4 heteroatoms. The summed E-state index contributed by atoms with van der Waals surface area (Å²) in [5.74, 6) is -0.916. The second-order valence-electron chi connectivity index (χ2n) is 5.40. The molecule has 2 rings (SSSR count). The maximum absolute atomic E-state index is 10.9. The summed E-state index contributed by atoms with van der Waals surface area (Å²) in [5.41, 5.74) is 2.21. The molecule has 1 aromatic heterocycles. The molecule has 1 heterocycles. The third-order valence-corrected chi connectivity index (χ3v) is 3.42. The van der Waals surface area contributed by atoms with Crippen molar-refractivity contribution in [3.63, 3.8) is 0 Å². The van der Waals surface area contributed by atoms with E-state index >= 15 is 0 Å². The first-order chi connectivity index (χ1) is 8.43. The van der Waals surface area contributed by atoms with Crippen LogP contribution in [0.25, 0.3) is 11.0 Å². The number of benzene rings is 1. The number of rotatable bonds is 4. The van der Waals surface area contributed by atoms with Gasteiger partial charge in [-0.2, -0.15) is 0 Å². The van der Waals surface area contributed by atoms with Crippen molar-refractivity contribution in [1.29, 1.82) is 0 Å². The Kier molecular flexibility index (Phi) is 3.11. The van der Waals surface area contributed by atoms with Gasteiger partial charge in [-0.25, -0.2) is 9.78 Å². The maximum Gasteiger partial charge on any atom is 0.335 e. The summed E-state index contributed by atoms with van der Waals surface area (Å²) in [6.45, 7) is 7.48. The predicted molar refractivity (Wildman–Crippen MR) is 70.8 cm³/mol. The van der Waals surface area contributed by atoms with Crippen LogP contribution in [0.4, 0.5) is 0 Å². The third kappa shape index (κ3) is 2.37. The highest BCUT2D eigenvalue weighted by molar-refractivity contribution is 5.92. The van der Waals surface area contributed by atoms with E-state index in [0.717, 1.165) is 24.0 Å². The second kappa shape index (κ2) is 4.44. The number of nitrogens with zero attached hydrogens (tertiary/aromatic N) is 2. The highest BCUT2D eigenvalue weighted by atomic mass is 16.4. The topological polar surface area (TPSA) is 55.1 Å². The van der Waals surface area contributed by atoms with Crippen molar-refractivity contribution in [2.24, 2.45) is 5.41 Å². The Labute approximate surface area is 106 Å². The average molecular weight is 246 g/mol. The highest BCUT2D eigenvalue weighted by Gasteiger charge is 2.17. The van der Waals surface area contributed by atoms with Gasteiger partial charge in [-0.15, -0.1) is 0 Å². The first-order valence-corrected chi connectivity index (χ1v) is 6.11. The van der Waals surface area contributed by atoms with Crippen LogP contribution in [0.2, 0.25) is 0 Å². The average Bonchev–Trinajstić information content (AvgIpc) is 2.71. The summed E-state index contributed by atoms with van der Waals surface area (Å²) in [5, 5.41) is 8.94. The van der Waals surface area contributed by atoms with E-state index in [4.69, 9.17) is 5.11 Å². The molecule has 2 aromatic rings. The van der Waals surface area contributed by atoms with E-state index in [1.807, 2.05) is 6.07 Å². The SMILES string of the molecule is CCC(C)(C)Cn1cnc2cc(C(=O)O)ccc21. The molecule has 0 unspecified atom stereocenters. The number of aromatic carboxylic acids is 1. The Morgan fingerprint density at radius 2 is 2.17 bits per heavy atom. The van der Waals surface area contributed by atoms with Gasteiger partial charge in [0.1, 0.15) is 0 Å². The molecule has 0 aliphatic heterocycles. The van der Waals surface area contributed by atoms with E-state index in [-0.39, 0.29) is 11.0 Å². The zero-order valence-corrected chi connectivity index (χ0v) is 11.0. The first-order valence-electron chi connectivity index (χ1n) is 6.11. The zero-order chi connectivity index (χ0) is 13.3. The van der Waals surface area contributed by atoms with Crippen LogP contribution in [0.15, 0.2) is 24.5 Å². The minimum absolute atomic E-state index is 0.207. The summed E-state index contributed by atoms with van der Waals surface area (Å²) in [6.07, 6.45) is 2.87. The molecule has 18 heavy (non-hydrogen) atoms. The van der Waals surface area contributed by atoms with Gasteiger partial charge in [-0.05, 0) is 30.0 Å². The fourth-order valence-electron chi connectivity index (χ4n) is 1.90. The van der Waals surface area contributed by atoms with Gasteiger partial charge in [-0.1, -0.05) is 20.8 Å². The van der Waals surface area contributed by atoms with Crippen molar-refractivity contribution in [3.05, 3.63) is 30.1 Å². The van der Waals surface area contributed by atoms with E-state index in [1.54, 1.807) is 18.5 Å². The van der Waals surface area contributed by atoms with Crippen LogP contribution in [0.1, 0.15) is 37.6 Å². The fourth-order valence-corrected chi connectivity index (χ4v) is 1.90. The number of carbonyl (C=O) groups is 1. The van der Waals surface area contributed by atoms with E-state index in [9.17, 15) is 4.79 Å². The number of aromatic nitrogens is 2. The minimum Gasteiger partial charge on any atom is -0.478 e. The van der Waals surface area contributed by atoms with Crippen molar-refractivity contribution >= 4 is 17.0 Å². The molecule has 0 aliphatic rings. The highest BCUT2D eigenvalue weighted by Crippen LogP contribution is 2.25. The lowest BCUT2D eigenvalue weighted by atomic mass is 9.90. The predicted octanol–water partition coefficient (Wildman–Crippen LogP) is 3.17. The van der Waals surface area contributed by atoms with Crippen molar-refractivity contribution in [1.82, 2.24) is 9.55 Å². The van der Waals surface area contributed by atoms with Gasteiger partial charge in [0, 0.05) is 6.54 Å². The Bertz CT molecular complexity index is 584. The number of hydrogen-bond donors (Lipinski definition) is 1. The van der Waals surface area contributed by atoms with Gasteiger partial charge in [0.2, 0.25) is 0 Å². The Morgan fingerprint density at radius 1 is 1.44 bits per heavy atom. The van der Waals surface area contributed by atoms with Crippen LogP contribution >= 0.6 is 0 Å². The molecule has 96 valence electrons. The lowest BCUT2D eigenvalue weighted by Crippen LogP contribution is -2.17. The lowest BCUT2D eigenvalue weighted by Gasteiger charge is -2.23. The smallest absolute Gasteiger partial charge is 0.335 e. The molecular formula is C14H18N2O2. The van der Waals surface area contributed by atoms with Crippen LogP contribution in [0, 0.1) is 5.41 Å². The van der Waals surface area contributed by atoms with Crippen molar-refractivity contribution in [3.8, 4) is 0 Å². The molecule has 0 bridgehead atoms. The van der Waals surface area contributed by atoms with E-state index in [1.165, 1.54) is 0 Å². The Morgan fingerprint density at radius 3 is 2.78 bits per heavy atom. The van der Waals surface area contributed by atoms with E-state index in [0.29, 0.717) is 0 Å². The molecule has 0 fully saturated rings. The summed E-state index contributed by atoms with van der Waals surface area (Å²) in [4.78, 5) is 15.2. The van der Waals surface area contributed by atoms with Gasteiger partial charge in [-0.3, -0.25) is 0 Å². The van der Waals surface area contributed by atoms with Crippen molar-refractivity contribution in [2.45, 2.75) is 33.7 Å². The van der Waals surface area contributed by atoms with E-state index < -0.39 is 5.97 Å². The van der Waals surface area contributed by atoms with Crippen LogP contribution < -0.4 is 0 Å². The van der Waals surface area contributed by atoms with Crippen molar-refractivity contribution in [2.75, 3.05) is 0 Å². The van der Waals surface area contributed by atoms with Crippen molar-refractivity contribution < 1.29 is 9.90 Å². The summed E-state index contributed by atoms with van der Waals surface area (Å²) < 4.78 is 2.09. The molecule has 0 spiro atoms. The summed E-state index contributed by atoms with van der Waals surface area (Å²) in [7, 11) is 0. The molecule has 4 nitrogen and oxygen atoms in total. The lowest BCUT2D eigenvalue weighted by molar-refractivity contribution is 0.0697. The van der Waals surface area contributed by atoms with Gasteiger partial charge in [0.15, 0.2) is 0 Å². The van der Waals surface area contributed by atoms with E-state index in [2.05, 4.69) is 30.3 Å². The first kappa shape index (κ1) is 12.6. The molecule has 0 atom stereocenters. The number of carboxylic acid groups (broad SMARTS) is 1. The second-order valence-corrected chi connectivity index (χ2v) is 5.40. The van der Waals surface area contributed by atoms with Crippen LogP contribution in [0.3, 0.4) is 0 Å². The number of carboxylic acids is 1. The monoisotopic (exact) mass is 246 g/mol.